The zero-order valence-corrected chi connectivity index (χ0v) is 14.0. The summed E-state index contributed by atoms with van der Waals surface area (Å²) in [6, 6.07) is 2.27. The first-order chi connectivity index (χ1) is 12.0. The van der Waals surface area contributed by atoms with Gasteiger partial charge >= 0.3 is 12.1 Å². The van der Waals surface area contributed by atoms with E-state index in [0.717, 1.165) is 12.8 Å². The first kappa shape index (κ1) is 16.8. The van der Waals surface area contributed by atoms with E-state index >= 15 is 0 Å². The second-order valence-corrected chi connectivity index (χ2v) is 6.02. The molecular formula is C15H20N6O4. The Balaban J connectivity index is 1.46. The van der Waals surface area contributed by atoms with Gasteiger partial charge in [-0.2, -0.15) is 0 Å². The molecule has 0 bridgehead atoms. The van der Waals surface area contributed by atoms with Gasteiger partial charge in [0.2, 0.25) is 0 Å². The molecule has 1 unspecified atom stereocenters. The van der Waals surface area contributed by atoms with E-state index in [1.807, 2.05) is 0 Å². The van der Waals surface area contributed by atoms with Crippen molar-refractivity contribution in [2.24, 2.45) is 5.92 Å². The summed E-state index contributed by atoms with van der Waals surface area (Å²) >= 11 is 0. The van der Waals surface area contributed by atoms with Crippen molar-refractivity contribution in [1.82, 2.24) is 20.9 Å². The predicted molar refractivity (Wildman–Crippen MR) is 88.2 cm³/mol. The molecule has 1 aliphatic rings. The summed E-state index contributed by atoms with van der Waals surface area (Å²) in [7, 11) is 0. The lowest BCUT2D eigenvalue weighted by atomic mass is 10.2. The topological polar surface area (TPSA) is 134 Å². The molecule has 0 aliphatic heterocycles. The summed E-state index contributed by atoms with van der Waals surface area (Å²) in [6.45, 7) is 3.78. The summed E-state index contributed by atoms with van der Waals surface area (Å²) in [4.78, 5) is 23.9. The van der Waals surface area contributed by atoms with Crippen molar-refractivity contribution < 1.29 is 18.6 Å². The monoisotopic (exact) mass is 348 g/mol. The maximum Gasteiger partial charge on any atom is 0.320 e. The van der Waals surface area contributed by atoms with Crippen LogP contribution in [0.2, 0.25) is 0 Å². The van der Waals surface area contributed by atoms with Crippen LogP contribution in [0.5, 0.6) is 0 Å². The third-order valence-corrected chi connectivity index (χ3v) is 3.73. The number of carbonyl (C=O) groups excluding carboxylic acids is 2. The molecule has 3 rings (SSSR count). The molecule has 25 heavy (non-hydrogen) atoms. The van der Waals surface area contributed by atoms with E-state index in [9.17, 15) is 9.59 Å². The van der Waals surface area contributed by atoms with Crippen LogP contribution >= 0.6 is 0 Å². The maximum atomic E-state index is 12.0. The molecule has 0 aromatic carbocycles. The van der Waals surface area contributed by atoms with Crippen molar-refractivity contribution in [1.29, 1.82) is 0 Å². The number of hydrogen-bond acceptors (Lipinski definition) is 6. The van der Waals surface area contributed by atoms with Crippen molar-refractivity contribution >= 4 is 23.7 Å². The molecule has 2 heterocycles. The minimum Gasteiger partial charge on any atom is -0.360 e. The van der Waals surface area contributed by atoms with Gasteiger partial charge in [0, 0.05) is 18.7 Å². The molecule has 10 nitrogen and oxygen atoms in total. The summed E-state index contributed by atoms with van der Waals surface area (Å²) in [5.74, 6) is 2.24. The van der Waals surface area contributed by atoms with Gasteiger partial charge in [0.1, 0.15) is 11.5 Å². The Morgan fingerprint density at radius 1 is 1.08 bits per heavy atom. The minimum atomic E-state index is -0.409. The van der Waals surface area contributed by atoms with Gasteiger partial charge in [-0.25, -0.2) is 9.59 Å². The number of nitrogens with one attached hydrogen (secondary N) is 4. The highest BCUT2D eigenvalue weighted by Gasteiger charge is 2.32. The number of amides is 4. The number of hydrogen-bond donors (Lipinski definition) is 4. The van der Waals surface area contributed by atoms with Crippen molar-refractivity contribution in [3.63, 3.8) is 0 Å². The van der Waals surface area contributed by atoms with Crippen molar-refractivity contribution in [3.05, 3.63) is 23.7 Å². The SMILES string of the molecule is Cc1cc(NC(=O)NCC(NC(=O)Nc2cc(C)on2)C2CC2)no1. The van der Waals surface area contributed by atoms with Crippen molar-refractivity contribution in [2.75, 3.05) is 17.2 Å². The second-order valence-electron chi connectivity index (χ2n) is 6.02. The van der Waals surface area contributed by atoms with E-state index in [2.05, 4.69) is 31.6 Å². The van der Waals surface area contributed by atoms with E-state index < -0.39 is 6.03 Å². The van der Waals surface area contributed by atoms with Crippen LogP contribution in [0.15, 0.2) is 21.2 Å². The molecule has 4 N–H and O–H groups in total. The summed E-state index contributed by atoms with van der Waals surface area (Å²) < 4.78 is 9.77. The van der Waals surface area contributed by atoms with Crippen LogP contribution in [0.1, 0.15) is 24.4 Å². The zero-order valence-electron chi connectivity index (χ0n) is 14.0. The van der Waals surface area contributed by atoms with Crippen LogP contribution in [0.3, 0.4) is 0 Å². The van der Waals surface area contributed by atoms with Gasteiger partial charge in [-0.05, 0) is 32.6 Å². The quantitative estimate of drug-likeness (QED) is 0.631. The number of carbonyl (C=O) groups is 2. The lowest BCUT2D eigenvalue weighted by Gasteiger charge is -2.18. The highest BCUT2D eigenvalue weighted by Crippen LogP contribution is 2.32. The molecule has 2 aromatic rings. The standard InChI is InChI=1S/C15H20N6O4/c1-8-5-12(20-24-8)18-14(22)16-7-11(10-3-4-10)17-15(23)19-13-6-9(2)25-21-13/h5-6,10-11H,3-4,7H2,1-2H3,(H2,16,18,20,22)(H2,17,19,21,23). The number of rotatable bonds is 6. The number of aromatic nitrogens is 2. The molecule has 10 heteroatoms. The van der Waals surface area contributed by atoms with E-state index in [-0.39, 0.29) is 12.1 Å². The Morgan fingerprint density at radius 2 is 1.64 bits per heavy atom. The van der Waals surface area contributed by atoms with Crippen LogP contribution in [0.25, 0.3) is 0 Å². The second kappa shape index (κ2) is 7.24. The first-order valence-corrected chi connectivity index (χ1v) is 7.98. The van der Waals surface area contributed by atoms with Gasteiger partial charge < -0.3 is 19.7 Å². The first-order valence-electron chi connectivity index (χ1n) is 7.98. The highest BCUT2D eigenvalue weighted by molar-refractivity contribution is 5.89. The van der Waals surface area contributed by atoms with Crippen molar-refractivity contribution in [2.45, 2.75) is 32.7 Å². The summed E-state index contributed by atoms with van der Waals surface area (Å²) in [5, 5.41) is 18.1. The van der Waals surface area contributed by atoms with Crippen LogP contribution < -0.4 is 21.3 Å². The molecule has 4 amide bonds. The Labute approximate surface area is 143 Å². The van der Waals surface area contributed by atoms with Gasteiger partial charge in [-0.3, -0.25) is 10.6 Å². The van der Waals surface area contributed by atoms with Crippen LogP contribution in [-0.4, -0.2) is 35.0 Å². The minimum absolute atomic E-state index is 0.169. The van der Waals surface area contributed by atoms with E-state index in [1.54, 1.807) is 26.0 Å². The molecule has 2 aromatic heterocycles. The fourth-order valence-corrected chi connectivity index (χ4v) is 2.37. The molecule has 0 radical (unpaired) electrons. The average Bonchev–Trinajstić information content (AvgIpc) is 3.21. The largest absolute Gasteiger partial charge is 0.360 e. The van der Waals surface area contributed by atoms with Crippen LogP contribution in [-0.2, 0) is 0 Å². The van der Waals surface area contributed by atoms with Crippen LogP contribution in [0, 0.1) is 19.8 Å². The molecule has 0 spiro atoms. The van der Waals surface area contributed by atoms with E-state index in [0.29, 0.717) is 35.6 Å². The third kappa shape index (κ3) is 4.96. The zero-order chi connectivity index (χ0) is 17.8. The van der Waals surface area contributed by atoms with Gasteiger partial charge in [-0.1, -0.05) is 10.3 Å². The van der Waals surface area contributed by atoms with Crippen molar-refractivity contribution in [3.8, 4) is 0 Å². The fourth-order valence-electron chi connectivity index (χ4n) is 2.37. The predicted octanol–water partition coefficient (Wildman–Crippen LogP) is 2.00. The Kier molecular flexibility index (Phi) is 4.87. The Hall–Kier alpha value is -3.04. The highest BCUT2D eigenvalue weighted by atomic mass is 16.5. The number of nitrogens with zero attached hydrogens (tertiary/aromatic N) is 2. The molecular weight excluding hydrogens is 328 g/mol. The van der Waals surface area contributed by atoms with Gasteiger partial charge in [0.25, 0.3) is 0 Å². The summed E-state index contributed by atoms with van der Waals surface area (Å²) in [6.07, 6.45) is 2.03. The number of urea groups is 2. The molecule has 1 aliphatic carbocycles. The molecule has 1 saturated carbocycles. The Morgan fingerprint density at radius 3 is 2.12 bits per heavy atom. The summed E-state index contributed by atoms with van der Waals surface area (Å²) in [5.41, 5.74) is 0. The van der Waals surface area contributed by atoms with Crippen LogP contribution in [0.4, 0.5) is 21.2 Å². The van der Waals surface area contributed by atoms with E-state index in [1.165, 1.54) is 0 Å². The lowest BCUT2D eigenvalue weighted by molar-refractivity contribution is 0.241. The molecule has 0 saturated heterocycles. The third-order valence-electron chi connectivity index (χ3n) is 3.73. The number of anilines is 2. The van der Waals surface area contributed by atoms with Gasteiger partial charge in [0.15, 0.2) is 11.6 Å². The molecule has 134 valence electrons. The van der Waals surface area contributed by atoms with E-state index in [4.69, 9.17) is 9.05 Å². The average molecular weight is 348 g/mol. The fraction of sp³-hybridized carbons (Fsp3) is 0.467. The lowest BCUT2D eigenvalue weighted by Crippen LogP contribution is -2.47. The van der Waals surface area contributed by atoms with Gasteiger partial charge in [-0.15, -0.1) is 0 Å². The molecule has 1 fully saturated rings. The smallest absolute Gasteiger partial charge is 0.320 e. The number of aryl methyl sites for hydroxylation is 2. The van der Waals surface area contributed by atoms with Gasteiger partial charge in [0.05, 0.1) is 6.04 Å². The maximum absolute atomic E-state index is 12.0. The normalized spacial score (nSPS) is 14.6. The Bertz CT molecular complexity index is 751. The molecule has 1 atom stereocenters.